The lowest BCUT2D eigenvalue weighted by atomic mass is 10.3. The summed E-state index contributed by atoms with van der Waals surface area (Å²) in [5, 5.41) is 3.31. The Morgan fingerprint density at radius 3 is 3.11 bits per heavy atom. The zero-order valence-electron chi connectivity index (χ0n) is 10.3. The number of ether oxygens (including phenoxy) is 1. The van der Waals surface area contributed by atoms with Gasteiger partial charge in [-0.25, -0.2) is 4.98 Å². The summed E-state index contributed by atoms with van der Waals surface area (Å²) in [6.07, 6.45) is 0. The number of nitrogens with zero attached hydrogens (tertiary/aromatic N) is 1. The van der Waals surface area contributed by atoms with E-state index in [1.165, 1.54) is 11.8 Å². The second kappa shape index (κ2) is 5.77. The van der Waals surface area contributed by atoms with Crippen molar-refractivity contribution in [3.05, 3.63) is 18.2 Å². The highest BCUT2D eigenvalue weighted by Crippen LogP contribution is 2.23. The summed E-state index contributed by atoms with van der Waals surface area (Å²) in [4.78, 5) is 18.7. The van der Waals surface area contributed by atoms with Crippen molar-refractivity contribution >= 4 is 28.7 Å². The molecule has 0 aliphatic rings. The molecule has 0 saturated carbocycles. The molecule has 0 bridgehead atoms. The number of nitrogens with one attached hydrogen (secondary N) is 2. The minimum atomic E-state index is -0.0181. The molecule has 1 amide bonds. The second-order valence-corrected chi connectivity index (χ2v) is 4.58. The second-order valence-electron chi connectivity index (χ2n) is 3.62. The molecule has 0 fully saturated rings. The molecule has 1 aromatic carbocycles. The highest BCUT2D eigenvalue weighted by atomic mass is 32.2. The number of H-pyrrole nitrogens is 1. The lowest BCUT2D eigenvalue weighted by Gasteiger charge is -2.00. The number of thioether (sulfide) groups is 1. The third kappa shape index (κ3) is 2.95. The van der Waals surface area contributed by atoms with Crippen LogP contribution in [-0.2, 0) is 4.79 Å². The quantitative estimate of drug-likeness (QED) is 0.809. The number of amides is 1. The van der Waals surface area contributed by atoms with Crippen molar-refractivity contribution in [2.75, 3.05) is 19.4 Å². The summed E-state index contributed by atoms with van der Waals surface area (Å²) >= 11 is 1.38. The predicted molar refractivity (Wildman–Crippen MR) is 72.1 cm³/mol. The van der Waals surface area contributed by atoms with E-state index in [1.54, 1.807) is 7.05 Å². The van der Waals surface area contributed by atoms with Crippen molar-refractivity contribution in [1.29, 1.82) is 0 Å². The Labute approximate surface area is 109 Å². The number of aromatic amines is 1. The van der Waals surface area contributed by atoms with E-state index in [2.05, 4.69) is 15.3 Å². The first-order valence-electron chi connectivity index (χ1n) is 5.69. The lowest BCUT2D eigenvalue weighted by molar-refractivity contribution is -0.118. The number of rotatable bonds is 5. The Hall–Kier alpha value is -1.69. The van der Waals surface area contributed by atoms with Crippen LogP contribution in [-0.4, -0.2) is 35.3 Å². The number of fused-ring (bicyclic) bond motifs is 1. The molecular weight excluding hydrogens is 250 g/mol. The first-order chi connectivity index (χ1) is 8.72. The van der Waals surface area contributed by atoms with Crippen LogP contribution in [0, 0.1) is 0 Å². The summed E-state index contributed by atoms with van der Waals surface area (Å²) in [7, 11) is 1.62. The molecule has 2 N–H and O–H groups in total. The van der Waals surface area contributed by atoms with Gasteiger partial charge in [-0.15, -0.1) is 0 Å². The number of aromatic nitrogens is 2. The molecule has 6 heteroatoms. The fourth-order valence-corrected chi connectivity index (χ4v) is 2.25. The molecule has 0 spiro atoms. The predicted octanol–water partition coefficient (Wildman–Crippen LogP) is 1.80. The molecular formula is C12H15N3O2S. The molecule has 96 valence electrons. The third-order valence-corrected chi connectivity index (χ3v) is 3.23. The average Bonchev–Trinajstić information content (AvgIpc) is 2.78. The van der Waals surface area contributed by atoms with Crippen LogP contribution in [0.1, 0.15) is 6.92 Å². The zero-order chi connectivity index (χ0) is 13.0. The van der Waals surface area contributed by atoms with Crippen LogP contribution in [0.3, 0.4) is 0 Å². The van der Waals surface area contributed by atoms with E-state index < -0.39 is 0 Å². The number of hydrogen-bond acceptors (Lipinski definition) is 4. The van der Waals surface area contributed by atoms with E-state index in [9.17, 15) is 4.79 Å². The van der Waals surface area contributed by atoms with Crippen molar-refractivity contribution in [2.24, 2.45) is 0 Å². The van der Waals surface area contributed by atoms with Gasteiger partial charge in [0.15, 0.2) is 5.16 Å². The summed E-state index contributed by atoms with van der Waals surface area (Å²) in [5.74, 6) is 1.15. The van der Waals surface area contributed by atoms with E-state index >= 15 is 0 Å². The maximum Gasteiger partial charge on any atom is 0.230 e. The molecule has 0 radical (unpaired) electrons. The molecule has 1 aromatic heterocycles. The molecule has 0 saturated heterocycles. The number of imidazole rings is 1. The zero-order valence-corrected chi connectivity index (χ0v) is 11.1. The minimum absolute atomic E-state index is 0.0181. The standard InChI is InChI=1S/C12H15N3O2S/c1-3-17-8-4-5-9-10(6-8)15-12(14-9)18-7-11(16)13-2/h4-6H,3,7H2,1-2H3,(H,13,16)(H,14,15). The smallest absolute Gasteiger partial charge is 0.230 e. The minimum Gasteiger partial charge on any atom is -0.494 e. The van der Waals surface area contributed by atoms with Gasteiger partial charge in [-0.2, -0.15) is 0 Å². The van der Waals surface area contributed by atoms with Crippen molar-refractivity contribution in [3.8, 4) is 5.75 Å². The summed E-state index contributed by atoms with van der Waals surface area (Å²) in [6.45, 7) is 2.58. The Balaban J connectivity index is 2.14. The summed E-state index contributed by atoms with van der Waals surface area (Å²) < 4.78 is 5.42. The number of hydrogen-bond donors (Lipinski definition) is 2. The average molecular weight is 265 g/mol. The number of carbonyl (C=O) groups excluding carboxylic acids is 1. The van der Waals surface area contributed by atoms with Gasteiger partial charge in [0.25, 0.3) is 0 Å². The maximum atomic E-state index is 11.1. The van der Waals surface area contributed by atoms with Crippen molar-refractivity contribution < 1.29 is 9.53 Å². The van der Waals surface area contributed by atoms with Crippen molar-refractivity contribution in [1.82, 2.24) is 15.3 Å². The molecule has 0 unspecified atom stereocenters. The third-order valence-electron chi connectivity index (χ3n) is 2.36. The number of benzene rings is 1. The van der Waals surface area contributed by atoms with Crippen LogP contribution in [0.5, 0.6) is 5.75 Å². The molecule has 1 heterocycles. The highest BCUT2D eigenvalue weighted by Gasteiger charge is 2.06. The molecule has 0 aliphatic carbocycles. The van der Waals surface area contributed by atoms with E-state index in [4.69, 9.17) is 4.74 Å². The van der Waals surface area contributed by atoms with Crippen molar-refractivity contribution in [3.63, 3.8) is 0 Å². The largest absolute Gasteiger partial charge is 0.494 e. The van der Waals surface area contributed by atoms with Gasteiger partial charge < -0.3 is 15.0 Å². The van der Waals surface area contributed by atoms with Gasteiger partial charge >= 0.3 is 0 Å². The van der Waals surface area contributed by atoms with Crippen LogP contribution in [0.4, 0.5) is 0 Å². The molecule has 0 aliphatic heterocycles. The molecule has 18 heavy (non-hydrogen) atoms. The van der Waals surface area contributed by atoms with Gasteiger partial charge in [-0.3, -0.25) is 4.79 Å². The van der Waals surface area contributed by atoms with Crippen LogP contribution in [0.25, 0.3) is 11.0 Å². The molecule has 0 atom stereocenters. The molecule has 5 nitrogen and oxygen atoms in total. The van der Waals surface area contributed by atoms with Gasteiger partial charge in [-0.1, -0.05) is 11.8 Å². The fourth-order valence-electron chi connectivity index (χ4n) is 1.50. The Bertz CT molecular complexity index is 553. The van der Waals surface area contributed by atoms with E-state index in [1.807, 2.05) is 25.1 Å². The van der Waals surface area contributed by atoms with Crippen molar-refractivity contribution in [2.45, 2.75) is 12.1 Å². The first kappa shape index (κ1) is 12.8. The normalized spacial score (nSPS) is 10.6. The van der Waals surface area contributed by atoms with E-state index in [0.717, 1.165) is 21.9 Å². The monoisotopic (exact) mass is 265 g/mol. The van der Waals surface area contributed by atoms with E-state index in [-0.39, 0.29) is 5.91 Å². The van der Waals surface area contributed by atoms with Crippen LogP contribution in [0.2, 0.25) is 0 Å². The van der Waals surface area contributed by atoms with Gasteiger partial charge in [-0.05, 0) is 19.1 Å². The summed E-state index contributed by atoms with van der Waals surface area (Å²) in [5.41, 5.74) is 1.79. The van der Waals surface area contributed by atoms with Crippen LogP contribution < -0.4 is 10.1 Å². The van der Waals surface area contributed by atoms with Gasteiger partial charge in [0.1, 0.15) is 5.75 Å². The van der Waals surface area contributed by atoms with Crippen LogP contribution in [0.15, 0.2) is 23.4 Å². The fraction of sp³-hybridized carbons (Fsp3) is 0.333. The lowest BCUT2D eigenvalue weighted by Crippen LogP contribution is -2.19. The first-order valence-corrected chi connectivity index (χ1v) is 6.67. The van der Waals surface area contributed by atoms with Gasteiger partial charge in [0.05, 0.1) is 23.4 Å². The highest BCUT2D eigenvalue weighted by molar-refractivity contribution is 7.99. The Morgan fingerprint density at radius 1 is 1.56 bits per heavy atom. The Kier molecular flexibility index (Phi) is 4.09. The van der Waals surface area contributed by atoms with Crippen LogP contribution >= 0.6 is 11.8 Å². The SMILES string of the molecule is CCOc1ccc2nc(SCC(=O)NC)[nH]c2c1. The van der Waals surface area contributed by atoms with Gasteiger partial charge in [0, 0.05) is 13.1 Å². The summed E-state index contributed by atoms with van der Waals surface area (Å²) in [6, 6.07) is 5.70. The molecule has 2 rings (SSSR count). The maximum absolute atomic E-state index is 11.1. The van der Waals surface area contributed by atoms with Gasteiger partial charge in [0.2, 0.25) is 5.91 Å². The molecule has 2 aromatic rings. The Morgan fingerprint density at radius 2 is 2.39 bits per heavy atom. The number of carbonyl (C=O) groups is 1. The van der Waals surface area contributed by atoms with E-state index in [0.29, 0.717) is 12.4 Å². The topological polar surface area (TPSA) is 67.0 Å².